The average Bonchev–Trinajstić information content (AvgIpc) is 2.13. The standard InChI is InChI=1S/C10H19NO2/c1-3-5-9-13-10(12)6-8-11-7-4-2/h4,11H,2-3,5-9H2,1H3. The van der Waals surface area contributed by atoms with Gasteiger partial charge < -0.3 is 10.1 Å². The first-order valence-electron chi connectivity index (χ1n) is 4.78. The minimum absolute atomic E-state index is 0.120. The molecule has 0 fully saturated rings. The molecular formula is C10H19NO2. The molecule has 13 heavy (non-hydrogen) atoms. The summed E-state index contributed by atoms with van der Waals surface area (Å²) in [7, 11) is 0. The third-order valence-electron chi connectivity index (χ3n) is 1.56. The molecule has 0 aliphatic heterocycles. The van der Waals surface area contributed by atoms with Crippen molar-refractivity contribution in [3.63, 3.8) is 0 Å². The summed E-state index contributed by atoms with van der Waals surface area (Å²) in [5.41, 5.74) is 0. The molecule has 0 bridgehead atoms. The monoisotopic (exact) mass is 185 g/mol. The zero-order chi connectivity index (χ0) is 9.94. The number of esters is 1. The number of carbonyl (C=O) groups is 1. The number of unbranched alkanes of at least 4 members (excludes halogenated alkanes) is 1. The summed E-state index contributed by atoms with van der Waals surface area (Å²) in [5.74, 6) is -0.120. The molecule has 0 heterocycles. The van der Waals surface area contributed by atoms with Crippen LogP contribution in [-0.4, -0.2) is 25.7 Å². The van der Waals surface area contributed by atoms with Gasteiger partial charge in [-0.1, -0.05) is 19.4 Å². The third-order valence-corrected chi connectivity index (χ3v) is 1.56. The highest BCUT2D eigenvalue weighted by Crippen LogP contribution is 1.90. The maximum atomic E-state index is 11.0. The summed E-state index contributed by atoms with van der Waals surface area (Å²) in [5, 5.41) is 3.04. The second-order valence-electron chi connectivity index (χ2n) is 2.82. The summed E-state index contributed by atoms with van der Waals surface area (Å²) in [6.45, 7) is 7.58. The van der Waals surface area contributed by atoms with Gasteiger partial charge >= 0.3 is 5.97 Å². The highest BCUT2D eigenvalue weighted by Gasteiger charge is 2.00. The topological polar surface area (TPSA) is 38.3 Å². The van der Waals surface area contributed by atoms with Crippen molar-refractivity contribution in [3.05, 3.63) is 12.7 Å². The van der Waals surface area contributed by atoms with Crippen molar-refractivity contribution in [3.8, 4) is 0 Å². The van der Waals surface area contributed by atoms with E-state index in [2.05, 4.69) is 18.8 Å². The SMILES string of the molecule is C=CCNCCC(=O)OCCCC. The average molecular weight is 185 g/mol. The van der Waals surface area contributed by atoms with Crippen LogP contribution in [0, 0.1) is 0 Å². The molecule has 0 aliphatic rings. The summed E-state index contributed by atoms with van der Waals surface area (Å²) in [6, 6.07) is 0. The smallest absolute Gasteiger partial charge is 0.307 e. The molecule has 0 amide bonds. The number of carbonyl (C=O) groups excluding carboxylic acids is 1. The van der Waals surface area contributed by atoms with Crippen molar-refractivity contribution >= 4 is 5.97 Å². The maximum Gasteiger partial charge on any atom is 0.307 e. The number of hydrogen-bond acceptors (Lipinski definition) is 3. The van der Waals surface area contributed by atoms with Crippen LogP contribution in [-0.2, 0) is 9.53 Å². The van der Waals surface area contributed by atoms with E-state index in [1.165, 1.54) is 0 Å². The highest BCUT2D eigenvalue weighted by atomic mass is 16.5. The van der Waals surface area contributed by atoms with E-state index in [9.17, 15) is 4.79 Å². The van der Waals surface area contributed by atoms with Crippen LogP contribution in [0.3, 0.4) is 0 Å². The first-order chi connectivity index (χ1) is 6.31. The zero-order valence-electron chi connectivity index (χ0n) is 8.34. The van der Waals surface area contributed by atoms with Crippen LogP contribution in [0.4, 0.5) is 0 Å². The fraction of sp³-hybridized carbons (Fsp3) is 0.700. The van der Waals surface area contributed by atoms with E-state index in [0.717, 1.165) is 19.4 Å². The normalized spacial score (nSPS) is 9.62. The minimum atomic E-state index is -0.120. The van der Waals surface area contributed by atoms with Crippen LogP contribution >= 0.6 is 0 Å². The van der Waals surface area contributed by atoms with Crippen LogP contribution in [0.25, 0.3) is 0 Å². The Bertz CT molecular complexity index is 146. The van der Waals surface area contributed by atoms with Crippen LogP contribution in [0.2, 0.25) is 0 Å². The van der Waals surface area contributed by atoms with Gasteiger partial charge in [0, 0.05) is 13.1 Å². The summed E-state index contributed by atoms with van der Waals surface area (Å²) < 4.78 is 4.96. The Labute approximate surface area is 80.2 Å². The van der Waals surface area contributed by atoms with Crippen molar-refractivity contribution < 1.29 is 9.53 Å². The van der Waals surface area contributed by atoms with E-state index in [1.54, 1.807) is 6.08 Å². The van der Waals surface area contributed by atoms with Crippen molar-refractivity contribution in [2.45, 2.75) is 26.2 Å². The number of ether oxygens (including phenoxy) is 1. The third kappa shape index (κ3) is 9.08. The number of nitrogens with one attached hydrogen (secondary N) is 1. The van der Waals surface area contributed by atoms with Gasteiger partial charge in [-0.15, -0.1) is 6.58 Å². The second kappa shape index (κ2) is 9.26. The molecule has 3 heteroatoms. The van der Waals surface area contributed by atoms with Crippen LogP contribution in [0.15, 0.2) is 12.7 Å². The molecule has 1 N–H and O–H groups in total. The molecule has 0 aromatic carbocycles. The van der Waals surface area contributed by atoms with E-state index in [1.807, 2.05) is 0 Å². The Morgan fingerprint density at radius 3 is 3.00 bits per heavy atom. The van der Waals surface area contributed by atoms with Gasteiger partial charge in [0.05, 0.1) is 13.0 Å². The predicted molar refractivity (Wildman–Crippen MR) is 53.6 cm³/mol. The summed E-state index contributed by atoms with van der Waals surface area (Å²) in [4.78, 5) is 11.0. The summed E-state index contributed by atoms with van der Waals surface area (Å²) >= 11 is 0. The lowest BCUT2D eigenvalue weighted by molar-refractivity contribution is -0.143. The molecular weight excluding hydrogens is 166 g/mol. The van der Waals surface area contributed by atoms with Gasteiger partial charge in [0.2, 0.25) is 0 Å². The van der Waals surface area contributed by atoms with Gasteiger partial charge in [-0.05, 0) is 6.42 Å². The van der Waals surface area contributed by atoms with Gasteiger partial charge in [-0.2, -0.15) is 0 Å². The Morgan fingerprint density at radius 1 is 1.62 bits per heavy atom. The lowest BCUT2D eigenvalue weighted by Gasteiger charge is -2.03. The second-order valence-corrected chi connectivity index (χ2v) is 2.82. The Hall–Kier alpha value is -0.830. The van der Waals surface area contributed by atoms with Crippen LogP contribution in [0.5, 0.6) is 0 Å². The van der Waals surface area contributed by atoms with Crippen molar-refractivity contribution in [2.75, 3.05) is 19.7 Å². The predicted octanol–water partition coefficient (Wildman–Crippen LogP) is 1.50. The maximum absolute atomic E-state index is 11.0. The van der Waals surface area contributed by atoms with E-state index in [0.29, 0.717) is 19.6 Å². The van der Waals surface area contributed by atoms with Crippen molar-refractivity contribution in [1.29, 1.82) is 0 Å². The molecule has 0 aromatic heterocycles. The lowest BCUT2D eigenvalue weighted by atomic mass is 10.3. The van der Waals surface area contributed by atoms with Crippen LogP contribution < -0.4 is 5.32 Å². The summed E-state index contributed by atoms with van der Waals surface area (Å²) in [6.07, 6.45) is 4.22. The minimum Gasteiger partial charge on any atom is -0.466 e. The first kappa shape index (κ1) is 12.2. The van der Waals surface area contributed by atoms with E-state index < -0.39 is 0 Å². The number of rotatable bonds is 8. The Kier molecular flexibility index (Phi) is 8.67. The molecule has 0 unspecified atom stereocenters. The van der Waals surface area contributed by atoms with Crippen molar-refractivity contribution in [1.82, 2.24) is 5.32 Å². The fourth-order valence-electron chi connectivity index (χ4n) is 0.797. The molecule has 0 saturated heterocycles. The molecule has 3 nitrogen and oxygen atoms in total. The van der Waals surface area contributed by atoms with Gasteiger partial charge in [0.25, 0.3) is 0 Å². The molecule has 0 rings (SSSR count). The molecule has 0 aliphatic carbocycles. The van der Waals surface area contributed by atoms with E-state index >= 15 is 0 Å². The molecule has 0 radical (unpaired) electrons. The Balaban J connectivity index is 3.15. The lowest BCUT2D eigenvalue weighted by Crippen LogP contribution is -2.19. The van der Waals surface area contributed by atoms with Gasteiger partial charge in [-0.25, -0.2) is 0 Å². The first-order valence-corrected chi connectivity index (χ1v) is 4.78. The van der Waals surface area contributed by atoms with Crippen molar-refractivity contribution in [2.24, 2.45) is 0 Å². The van der Waals surface area contributed by atoms with Gasteiger partial charge in [0.1, 0.15) is 0 Å². The fourth-order valence-corrected chi connectivity index (χ4v) is 0.797. The largest absolute Gasteiger partial charge is 0.466 e. The van der Waals surface area contributed by atoms with Gasteiger partial charge in [-0.3, -0.25) is 4.79 Å². The number of hydrogen-bond donors (Lipinski definition) is 1. The Morgan fingerprint density at radius 2 is 2.38 bits per heavy atom. The zero-order valence-corrected chi connectivity index (χ0v) is 8.34. The van der Waals surface area contributed by atoms with E-state index in [-0.39, 0.29) is 5.97 Å². The molecule has 0 spiro atoms. The molecule has 0 aromatic rings. The van der Waals surface area contributed by atoms with Gasteiger partial charge in [0.15, 0.2) is 0 Å². The van der Waals surface area contributed by atoms with E-state index in [4.69, 9.17) is 4.74 Å². The highest BCUT2D eigenvalue weighted by molar-refractivity contribution is 5.69. The molecule has 0 atom stereocenters. The molecule has 0 saturated carbocycles. The molecule has 76 valence electrons. The van der Waals surface area contributed by atoms with Crippen LogP contribution in [0.1, 0.15) is 26.2 Å². The quantitative estimate of drug-likeness (QED) is 0.354.